The van der Waals surface area contributed by atoms with Crippen molar-refractivity contribution < 1.29 is 93.6 Å². The molecular formula is C30H51N3O19. The zero-order chi connectivity index (χ0) is 39.1. The van der Waals surface area contributed by atoms with Crippen LogP contribution in [-0.2, 0) is 47.6 Å². The van der Waals surface area contributed by atoms with Gasteiger partial charge in [-0.1, -0.05) is 0 Å². The van der Waals surface area contributed by atoms with Crippen LogP contribution in [0.15, 0.2) is 0 Å². The van der Waals surface area contributed by atoms with Gasteiger partial charge >= 0.3 is 5.97 Å². The van der Waals surface area contributed by atoms with Crippen LogP contribution in [-0.4, -0.2) is 194 Å². The molecule has 0 aliphatic carbocycles. The quantitative estimate of drug-likeness (QED) is 0.0696. The summed E-state index contributed by atoms with van der Waals surface area (Å²) < 4.78 is 34.1. The molecule has 0 radical (unpaired) electrons. The van der Waals surface area contributed by atoms with Crippen LogP contribution in [0.5, 0.6) is 0 Å². The molecule has 0 aromatic carbocycles. The number of nitrogens with one attached hydrogen (secondary N) is 3. The first-order valence-electron chi connectivity index (χ1n) is 16.6. The van der Waals surface area contributed by atoms with Crippen molar-refractivity contribution in [3.8, 4) is 0 Å². The number of carbonyl (C=O) groups excluding carboxylic acids is 3. The number of hydrogen-bond acceptors (Lipinski definition) is 18. The van der Waals surface area contributed by atoms with Crippen LogP contribution >= 0.6 is 0 Å². The van der Waals surface area contributed by atoms with Crippen molar-refractivity contribution in [2.75, 3.05) is 26.4 Å². The van der Waals surface area contributed by atoms with Crippen molar-refractivity contribution in [2.45, 2.75) is 138 Å². The molecule has 300 valence electrons. The summed E-state index contributed by atoms with van der Waals surface area (Å²) in [6, 6.07) is -3.08. The molecule has 3 rings (SSSR count). The average molecular weight is 758 g/mol. The molecule has 0 bridgehead atoms. The van der Waals surface area contributed by atoms with Gasteiger partial charge in [-0.25, -0.2) is 4.79 Å². The highest BCUT2D eigenvalue weighted by molar-refractivity contribution is 5.76. The van der Waals surface area contributed by atoms with Crippen LogP contribution in [0.3, 0.4) is 0 Å². The van der Waals surface area contributed by atoms with Gasteiger partial charge < -0.3 is 90.3 Å². The number of rotatable bonds is 16. The highest BCUT2D eigenvalue weighted by atomic mass is 16.8. The Morgan fingerprint density at radius 3 is 2.00 bits per heavy atom. The fraction of sp³-hybridized carbons (Fsp3) is 0.867. The second-order valence-corrected chi connectivity index (χ2v) is 13.1. The van der Waals surface area contributed by atoms with Gasteiger partial charge in [-0.05, 0) is 6.92 Å². The van der Waals surface area contributed by atoms with Crippen LogP contribution in [0.1, 0.15) is 40.5 Å². The Morgan fingerprint density at radius 2 is 1.44 bits per heavy atom. The van der Waals surface area contributed by atoms with Crippen molar-refractivity contribution >= 4 is 23.7 Å². The number of hydrogen-bond donors (Lipinski definition) is 12. The van der Waals surface area contributed by atoms with Gasteiger partial charge in [-0.3, -0.25) is 14.4 Å². The van der Waals surface area contributed by atoms with Gasteiger partial charge in [0.2, 0.25) is 17.7 Å². The summed E-state index contributed by atoms with van der Waals surface area (Å²) in [5, 5.41) is 101. The first-order valence-corrected chi connectivity index (χ1v) is 16.6. The van der Waals surface area contributed by atoms with Crippen LogP contribution < -0.4 is 16.0 Å². The van der Waals surface area contributed by atoms with Crippen molar-refractivity contribution in [1.82, 2.24) is 16.0 Å². The highest BCUT2D eigenvalue weighted by Gasteiger charge is 2.56. The van der Waals surface area contributed by atoms with Gasteiger partial charge in [-0.2, -0.15) is 0 Å². The molecule has 0 spiro atoms. The maximum absolute atomic E-state index is 12.5. The zero-order valence-corrected chi connectivity index (χ0v) is 29.0. The summed E-state index contributed by atoms with van der Waals surface area (Å²) >= 11 is 0. The minimum atomic E-state index is -2.68. The molecule has 22 heteroatoms. The third-order valence-corrected chi connectivity index (χ3v) is 8.67. The predicted octanol–water partition coefficient (Wildman–Crippen LogP) is -6.50. The molecular weight excluding hydrogens is 706 g/mol. The van der Waals surface area contributed by atoms with E-state index in [0.29, 0.717) is 0 Å². The molecule has 52 heavy (non-hydrogen) atoms. The topological polar surface area (TPSA) is 342 Å². The summed E-state index contributed by atoms with van der Waals surface area (Å²) in [6.45, 7) is 2.59. The van der Waals surface area contributed by atoms with E-state index in [1.807, 2.05) is 0 Å². The van der Waals surface area contributed by atoms with E-state index in [1.54, 1.807) is 6.92 Å². The fourth-order valence-electron chi connectivity index (χ4n) is 6.20. The van der Waals surface area contributed by atoms with Crippen molar-refractivity contribution in [1.29, 1.82) is 0 Å². The average Bonchev–Trinajstić information content (AvgIpc) is 3.06. The van der Waals surface area contributed by atoms with E-state index in [2.05, 4.69) is 16.0 Å². The number of aliphatic hydroxyl groups is 8. The lowest BCUT2D eigenvalue weighted by Gasteiger charge is -2.48. The van der Waals surface area contributed by atoms with E-state index in [9.17, 15) is 65.1 Å². The fourth-order valence-corrected chi connectivity index (χ4v) is 6.20. The van der Waals surface area contributed by atoms with Crippen LogP contribution in [0.25, 0.3) is 0 Å². The Kier molecular flexibility index (Phi) is 16.0. The molecule has 16 atom stereocenters. The first kappa shape index (κ1) is 43.7. The molecule has 3 amide bonds. The lowest BCUT2D eigenvalue weighted by molar-refractivity contribution is -0.358. The van der Waals surface area contributed by atoms with E-state index in [0.717, 1.165) is 13.8 Å². The van der Waals surface area contributed by atoms with Gasteiger partial charge in [-0.15, -0.1) is 0 Å². The van der Waals surface area contributed by atoms with Crippen LogP contribution in [0, 0.1) is 0 Å². The second-order valence-electron chi connectivity index (χ2n) is 13.1. The smallest absolute Gasteiger partial charge is 0.364 e. The first-order chi connectivity index (χ1) is 24.3. The van der Waals surface area contributed by atoms with Crippen molar-refractivity contribution in [2.24, 2.45) is 0 Å². The molecule has 3 fully saturated rings. The number of carbonyl (C=O) groups is 4. The van der Waals surface area contributed by atoms with Gasteiger partial charge in [0.25, 0.3) is 5.79 Å². The number of aliphatic carboxylic acids is 1. The SMILES string of the molecule is CC(=O)NC(C)CO[C@@H]1OC(CO)[C@@H](O[C@@H]2OC(CO[C@]3(C(=O)O)C[C@@H](O)[C@@H](NC(C)=O)C(C[C@H](O)CO)O3)[C@H](O)C(O)[C@@H]2O)C(O)[C@@H]1NC(C)=O. The van der Waals surface area contributed by atoms with E-state index in [4.69, 9.17) is 28.4 Å². The monoisotopic (exact) mass is 757 g/mol. The number of carboxylic acid groups (broad SMARTS) is 1. The zero-order valence-electron chi connectivity index (χ0n) is 29.0. The van der Waals surface area contributed by atoms with E-state index >= 15 is 0 Å². The van der Waals surface area contributed by atoms with Crippen molar-refractivity contribution in [3.63, 3.8) is 0 Å². The Morgan fingerprint density at radius 1 is 0.827 bits per heavy atom. The van der Waals surface area contributed by atoms with Gasteiger partial charge in [0, 0.05) is 39.7 Å². The van der Waals surface area contributed by atoms with Gasteiger partial charge in [0.1, 0.15) is 48.8 Å². The Hall–Kier alpha value is -2.68. The molecule has 3 heterocycles. The van der Waals surface area contributed by atoms with Crippen molar-refractivity contribution in [3.05, 3.63) is 0 Å². The van der Waals surface area contributed by atoms with E-state index in [1.165, 1.54) is 6.92 Å². The van der Waals surface area contributed by atoms with Gasteiger partial charge in [0.05, 0.1) is 50.8 Å². The molecule has 3 aliphatic rings. The molecule has 12 N–H and O–H groups in total. The number of amides is 3. The predicted molar refractivity (Wildman–Crippen MR) is 167 cm³/mol. The molecule has 22 nitrogen and oxygen atoms in total. The summed E-state index contributed by atoms with van der Waals surface area (Å²) in [4.78, 5) is 47.7. The third kappa shape index (κ3) is 10.9. The largest absolute Gasteiger partial charge is 0.477 e. The highest BCUT2D eigenvalue weighted by Crippen LogP contribution is 2.35. The normalized spacial score (nSPS) is 39.2. The van der Waals surface area contributed by atoms with E-state index < -0.39 is 148 Å². The van der Waals surface area contributed by atoms with Crippen LogP contribution in [0.2, 0.25) is 0 Å². The second kappa shape index (κ2) is 19.1. The summed E-state index contributed by atoms with van der Waals surface area (Å²) in [6.07, 6.45) is -21.3. The lowest BCUT2D eigenvalue weighted by Crippen LogP contribution is -2.68. The number of aliphatic hydroxyl groups excluding tert-OH is 8. The maximum Gasteiger partial charge on any atom is 0.364 e. The van der Waals surface area contributed by atoms with E-state index in [-0.39, 0.29) is 12.5 Å². The lowest BCUT2D eigenvalue weighted by atomic mass is 9.90. The summed E-state index contributed by atoms with van der Waals surface area (Å²) in [7, 11) is 0. The Bertz CT molecular complexity index is 1220. The number of carboxylic acids is 1. The Labute approximate surface area is 297 Å². The molecule has 0 aromatic rings. The summed E-state index contributed by atoms with van der Waals surface area (Å²) in [5.74, 6) is -6.03. The molecule has 0 saturated carbocycles. The van der Waals surface area contributed by atoms with Gasteiger partial charge in [0.15, 0.2) is 12.6 Å². The standard InChI is InChI=1S/C30H51N3O19/c1-11(31-12(2)36)9-47-27-21(33-14(4)38)23(42)26(18(8-35)49-27)51-28-25(44)24(43)22(41)19(50-28)10-48-30(29(45)46)6-16(40)20(32-13(3)37)17(52-30)5-15(39)7-34/h11,15-28,34-35,39-44H,5-10H2,1-4H3,(H,31,36)(H,32,37)(H,33,38)(H,45,46)/t11?,15-,16+,17?,18?,19?,20+,21-,22-,23?,24?,25-,26+,27+,28-,30+/m0/s1. The molecule has 3 saturated heterocycles. The Balaban J connectivity index is 1.80. The third-order valence-electron chi connectivity index (χ3n) is 8.67. The molecule has 3 aliphatic heterocycles. The summed E-state index contributed by atoms with van der Waals surface area (Å²) in [5.41, 5.74) is 0. The maximum atomic E-state index is 12.5. The molecule has 0 aromatic heterocycles. The number of ether oxygens (including phenoxy) is 6. The minimum Gasteiger partial charge on any atom is -0.477 e. The minimum absolute atomic E-state index is 0.137. The molecule has 6 unspecified atom stereocenters. The van der Waals surface area contributed by atoms with Crippen LogP contribution in [0.4, 0.5) is 0 Å².